The summed E-state index contributed by atoms with van der Waals surface area (Å²) in [5.41, 5.74) is 0.794. The second-order valence-electron chi connectivity index (χ2n) is 5.68. The van der Waals surface area contributed by atoms with Crippen molar-refractivity contribution in [2.45, 2.75) is 26.2 Å². The lowest BCUT2D eigenvalue weighted by molar-refractivity contribution is 0.417. The molecule has 1 aliphatic heterocycles. The molecule has 1 saturated heterocycles. The Labute approximate surface area is 141 Å². The second-order valence-corrected chi connectivity index (χ2v) is 6.11. The van der Waals surface area contributed by atoms with Gasteiger partial charge in [0.05, 0.1) is 12.8 Å². The van der Waals surface area contributed by atoms with Crippen molar-refractivity contribution in [3.05, 3.63) is 35.1 Å². The third-order valence-corrected chi connectivity index (χ3v) is 4.16. The van der Waals surface area contributed by atoms with Crippen LogP contribution in [0.25, 0.3) is 0 Å². The summed E-state index contributed by atoms with van der Waals surface area (Å²) in [7, 11) is 1.64. The summed E-state index contributed by atoms with van der Waals surface area (Å²) in [4.78, 5) is 11.4. The number of rotatable bonds is 4. The molecule has 0 bridgehead atoms. The van der Waals surface area contributed by atoms with E-state index in [9.17, 15) is 0 Å². The Morgan fingerprint density at radius 2 is 1.91 bits per heavy atom. The molecule has 6 heteroatoms. The predicted molar refractivity (Wildman–Crippen MR) is 94.1 cm³/mol. The summed E-state index contributed by atoms with van der Waals surface area (Å²) in [6.07, 6.45) is 3.73. The molecule has 0 atom stereocenters. The molecule has 23 heavy (non-hydrogen) atoms. The maximum absolute atomic E-state index is 6.09. The lowest BCUT2D eigenvalue weighted by atomic mass is 10.1. The van der Waals surface area contributed by atoms with Crippen LogP contribution in [-0.4, -0.2) is 30.2 Å². The van der Waals surface area contributed by atoms with Crippen molar-refractivity contribution in [1.82, 2.24) is 9.97 Å². The van der Waals surface area contributed by atoms with Gasteiger partial charge in [-0.1, -0.05) is 11.6 Å². The van der Waals surface area contributed by atoms with Crippen LogP contribution in [0.1, 0.15) is 25.1 Å². The van der Waals surface area contributed by atoms with E-state index in [-0.39, 0.29) is 0 Å². The molecule has 0 radical (unpaired) electrons. The fourth-order valence-corrected chi connectivity index (χ4v) is 2.99. The van der Waals surface area contributed by atoms with Gasteiger partial charge in [0.15, 0.2) is 0 Å². The number of anilines is 3. The van der Waals surface area contributed by atoms with Crippen molar-refractivity contribution in [3.63, 3.8) is 0 Å². The van der Waals surface area contributed by atoms with Crippen molar-refractivity contribution in [1.29, 1.82) is 0 Å². The molecular formula is C17H21ClN4O. The topological polar surface area (TPSA) is 50.3 Å². The third kappa shape index (κ3) is 3.85. The number of methoxy groups -OCH3 is 1. The number of hydrogen-bond acceptors (Lipinski definition) is 5. The van der Waals surface area contributed by atoms with E-state index >= 15 is 0 Å². The van der Waals surface area contributed by atoms with Gasteiger partial charge < -0.3 is 15.0 Å². The average molecular weight is 333 g/mol. The van der Waals surface area contributed by atoms with E-state index in [1.807, 2.05) is 25.1 Å². The zero-order chi connectivity index (χ0) is 16.2. The molecule has 5 nitrogen and oxygen atoms in total. The van der Waals surface area contributed by atoms with Crippen molar-refractivity contribution in [3.8, 4) is 5.75 Å². The number of aromatic nitrogens is 2. The zero-order valence-electron chi connectivity index (χ0n) is 13.5. The lowest BCUT2D eigenvalue weighted by Crippen LogP contribution is -2.30. The van der Waals surface area contributed by atoms with Gasteiger partial charge in [-0.05, 0) is 44.4 Å². The number of halogens is 1. The van der Waals surface area contributed by atoms with Crippen molar-refractivity contribution >= 4 is 28.9 Å². The smallest absolute Gasteiger partial charge is 0.142 e. The molecule has 1 N–H and O–H groups in total. The molecule has 2 aromatic rings. The molecule has 0 saturated carbocycles. The standard InChI is InChI=1S/C17H21ClN4O/c1-12-19-16(11-17(20-12)22-8-4-3-5-9-22)21-14-10-13(18)6-7-15(14)23-2/h6-7,10-11H,3-5,8-9H2,1-2H3,(H,19,20,21). The Balaban J connectivity index is 1.88. The summed E-state index contributed by atoms with van der Waals surface area (Å²) in [6.45, 7) is 4.01. The van der Waals surface area contributed by atoms with Gasteiger partial charge in [0.25, 0.3) is 0 Å². The number of aryl methyl sites for hydroxylation is 1. The molecule has 1 aromatic heterocycles. The van der Waals surface area contributed by atoms with Gasteiger partial charge in [-0.3, -0.25) is 0 Å². The molecule has 3 rings (SSSR count). The fourth-order valence-electron chi connectivity index (χ4n) is 2.82. The van der Waals surface area contributed by atoms with E-state index < -0.39 is 0 Å². The number of nitrogens with one attached hydrogen (secondary N) is 1. The number of benzene rings is 1. The second kappa shape index (κ2) is 7.04. The normalized spacial score (nSPS) is 14.7. The fraction of sp³-hybridized carbons (Fsp3) is 0.412. The minimum absolute atomic E-state index is 0.648. The van der Waals surface area contributed by atoms with Gasteiger partial charge in [0.1, 0.15) is 23.2 Å². The number of hydrogen-bond donors (Lipinski definition) is 1. The largest absolute Gasteiger partial charge is 0.495 e. The number of ether oxygens (including phenoxy) is 1. The van der Waals surface area contributed by atoms with Crippen LogP contribution in [0.4, 0.5) is 17.3 Å². The summed E-state index contributed by atoms with van der Waals surface area (Å²) in [5.74, 6) is 3.20. The highest BCUT2D eigenvalue weighted by Crippen LogP contribution is 2.31. The molecule has 1 fully saturated rings. The highest BCUT2D eigenvalue weighted by molar-refractivity contribution is 6.31. The first-order valence-corrected chi connectivity index (χ1v) is 8.25. The first-order valence-electron chi connectivity index (χ1n) is 7.87. The molecule has 122 valence electrons. The molecule has 2 heterocycles. The Morgan fingerprint density at radius 3 is 2.65 bits per heavy atom. The van der Waals surface area contributed by atoms with Gasteiger partial charge in [0, 0.05) is 24.2 Å². The lowest BCUT2D eigenvalue weighted by Gasteiger charge is -2.28. The highest BCUT2D eigenvalue weighted by Gasteiger charge is 2.14. The van der Waals surface area contributed by atoms with Gasteiger partial charge in [-0.15, -0.1) is 0 Å². The van der Waals surface area contributed by atoms with E-state index in [1.165, 1.54) is 19.3 Å². The van der Waals surface area contributed by atoms with Crippen molar-refractivity contribution in [2.75, 3.05) is 30.4 Å². The molecule has 0 aliphatic carbocycles. The van der Waals surface area contributed by atoms with E-state index in [2.05, 4.69) is 20.2 Å². The molecule has 0 amide bonds. The van der Waals surface area contributed by atoms with Crippen LogP contribution in [0.2, 0.25) is 5.02 Å². The van der Waals surface area contributed by atoms with Crippen molar-refractivity contribution in [2.24, 2.45) is 0 Å². The third-order valence-electron chi connectivity index (χ3n) is 3.93. The Kier molecular flexibility index (Phi) is 4.86. The summed E-state index contributed by atoms with van der Waals surface area (Å²) >= 11 is 6.09. The van der Waals surface area contributed by atoms with Crippen molar-refractivity contribution < 1.29 is 4.74 Å². The first kappa shape index (κ1) is 15.9. The van der Waals surface area contributed by atoms with E-state index in [0.717, 1.165) is 42.0 Å². The predicted octanol–water partition coefficient (Wildman–Crippen LogP) is 4.18. The van der Waals surface area contributed by atoms with Crippen LogP contribution < -0.4 is 15.0 Å². The van der Waals surface area contributed by atoms with Gasteiger partial charge in [-0.25, -0.2) is 9.97 Å². The maximum atomic E-state index is 6.09. The van der Waals surface area contributed by atoms with Crippen LogP contribution in [-0.2, 0) is 0 Å². The Hall–Kier alpha value is -2.01. The van der Waals surface area contributed by atoms with Gasteiger partial charge >= 0.3 is 0 Å². The molecular weight excluding hydrogens is 312 g/mol. The number of nitrogens with zero attached hydrogens (tertiary/aromatic N) is 3. The summed E-state index contributed by atoms with van der Waals surface area (Å²) in [6, 6.07) is 7.46. The SMILES string of the molecule is COc1ccc(Cl)cc1Nc1cc(N2CCCCC2)nc(C)n1. The molecule has 1 aliphatic rings. The monoisotopic (exact) mass is 332 g/mol. The van der Waals surface area contributed by atoms with Gasteiger partial charge in [-0.2, -0.15) is 0 Å². The molecule has 0 spiro atoms. The number of piperidine rings is 1. The van der Waals surface area contributed by atoms with E-state index in [0.29, 0.717) is 5.02 Å². The Bertz CT molecular complexity index is 686. The minimum Gasteiger partial charge on any atom is -0.495 e. The molecule has 0 unspecified atom stereocenters. The van der Waals surface area contributed by atoms with Crippen LogP contribution in [0.5, 0.6) is 5.75 Å². The zero-order valence-corrected chi connectivity index (χ0v) is 14.2. The van der Waals surface area contributed by atoms with Crippen LogP contribution in [0.15, 0.2) is 24.3 Å². The van der Waals surface area contributed by atoms with Crippen LogP contribution >= 0.6 is 11.6 Å². The first-order chi connectivity index (χ1) is 11.2. The molecule has 1 aromatic carbocycles. The quantitative estimate of drug-likeness (QED) is 0.910. The van der Waals surface area contributed by atoms with E-state index in [4.69, 9.17) is 16.3 Å². The summed E-state index contributed by atoms with van der Waals surface area (Å²) < 4.78 is 5.37. The Morgan fingerprint density at radius 1 is 1.13 bits per heavy atom. The maximum Gasteiger partial charge on any atom is 0.142 e. The minimum atomic E-state index is 0.648. The summed E-state index contributed by atoms with van der Waals surface area (Å²) in [5, 5.41) is 3.95. The van der Waals surface area contributed by atoms with Crippen LogP contribution in [0, 0.1) is 6.92 Å². The van der Waals surface area contributed by atoms with E-state index in [1.54, 1.807) is 13.2 Å². The van der Waals surface area contributed by atoms with Crippen LogP contribution in [0.3, 0.4) is 0 Å². The van der Waals surface area contributed by atoms with Gasteiger partial charge in [0.2, 0.25) is 0 Å². The average Bonchev–Trinajstić information content (AvgIpc) is 2.55. The highest BCUT2D eigenvalue weighted by atomic mass is 35.5.